The number of nitrogens with zero attached hydrogens (tertiary/aromatic N) is 1. The molecule has 1 heterocycles. The van der Waals surface area contributed by atoms with Gasteiger partial charge >= 0.3 is 0 Å². The second kappa shape index (κ2) is 7.24. The molecule has 0 spiro atoms. The van der Waals surface area contributed by atoms with E-state index >= 15 is 0 Å². The van der Waals surface area contributed by atoms with Crippen LogP contribution in [0.5, 0.6) is 0 Å². The highest BCUT2D eigenvalue weighted by Crippen LogP contribution is 2.29. The van der Waals surface area contributed by atoms with E-state index in [1.807, 2.05) is 13.0 Å². The summed E-state index contributed by atoms with van der Waals surface area (Å²) < 4.78 is 27.3. The largest absolute Gasteiger partial charge is 0.396 e. The number of nitrogens with one attached hydrogen (secondary N) is 1. The summed E-state index contributed by atoms with van der Waals surface area (Å²) in [6, 6.07) is 7.04. The van der Waals surface area contributed by atoms with Crippen molar-refractivity contribution < 1.29 is 13.5 Å². The van der Waals surface area contributed by atoms with Crippen molar-refractivity contribution in [2.75, 3.05) is 31.6 Å². The molecule has 0 aromatic heterocycles. The van der Waals surface area contributed by atoms with Crippen LogP contribution >= 0.6 is 0 Å². The Bertz CT molecular complexity index is 558. The smallest absolute Gasteiger partial charge is 0.245 e. The van der Waals surface area contributed by atoms with Gasteiger partial charge in [0.1, 0.15) is 4.90 Å². The summed E-state index contributed by atoms with van der Waals surface area (Å²) in [4.78, 5) is 0.344. The number of piperidine rings is 1. The molecule has 1 saturated heterocycles. The number of aliphatic hydroxyl groups excluding tert-OH is 1. The Hall–Kier alpha value is -1.11. The lowest BCUT2D eigenvalue weighted by Crippen LogP contribution is -2.40. The molecule has 0 bridgehead atoms. The first-order valence-electron chi connectivity index (χ1n) is 7.53. The highest BCUT2D eigenvalue weighted by Gasteiger charge is 2.31. The zero-order valence-corrected chi connectivity index (χ0v) is 13.3. The molecule has 2 rings (SSSR count). The maximum atomic E-state index is 12.9. The summed E-state index contributed by atoms with van der Waals surface area (Å²) in [7, 11) is -3.48. The fourth-order valence-corrected chi connectivity index (χ4v) is 4.55. The fourth-order valence-electron chi connectivity index (χ4n) is 2.83. The molecule has 0 amide bonds. The third-order valence-corrected chi connectivity index (χ3v) is 5.81. The monoisotopic (exact) mass is 312 g/mol. The maximum Gasteiger partial charge on any atom is 0.245 e. The van der Waals surface area contributed by atoms with Gasteiger partial charge in [-0.1, -0.05) is 12.1 Å². The quantitative estimate of drug-likeness (QED) is 0.842. The van der Waals surface area contributed by atoms with Gasteiger partial charge in [-0.3, -0.25) is 0 Å². The molecule has 1 atom stereocenters. The molecule has 21 heavy (non-hydrogen) atoms. The molecular weight excluding hydrogens is 288 g/mol. The molecule has 0 radical (unpaired) electrons. The highest BCUT2D eigenvalue weighted by molar-refractivity contribution is 7.89. The normalized spacial score (nSPS) is 20.4. The van der Waals surface area contributed by atoms with E-state index in [0.29, 0.717) is 36.6 Å². The Morgan fingerprint density at radius 1 is 1.38 bits per heavy atom. The molecule has 1 aromatic rings. The summed E-state index contributed by atoms with van der Waals surface area (Å²) in [5, 5.41) is 12.2. The van der Waals surface area contributed by atoms with Crippen LogP contribution in [0.25, 0.3) is 0 Å². The van der Waals surface area contributed by atoms with Crippen LogP contribution in [-0.4, -0.2) is 44.1 Å². The molecule has 6 heteroatoms. The molecule has 1 aromatic carbocycles. The SMILES string of the molecule is CCNc1ccccc1S(=O)(=O)N1CCCC(CCO)C1. The average molecular weight is 312 g/mol. The first-order chi connectivity index (χ1) is 10.1. The summed E-state index contributed by atoms with van der Waals surface area (Å²) >= 11 is 0. The molecule has 1 unspecified atom stereocenters. The molecule has 2 N–H and O–H groups in total. The lowest BCUT2D eigenvalue weighted by molar-refractivity contribution is 0.203. The van der Waals surface area contributed by atoms with Gasteiger partial charge in [-0.15, -0.1) is 0 Å². The van der Waals surface area contributed by atoms with Crippen molar-refractivity contribution in [3.05, 3.63) is 24.3 Å². The summed E-state index contributed by atoms with van der Waals surface area (Å²) in [6.07, 6.45) is 2.51. The second-order valence-corrected chi connectivity index (χ2v) is 7.32. The maximum absolute atomic E-state index is 12.9. The average Bonchev–Trinajstić information content (AvgIpc) is 2.49. The van der Waals surface area contributed by atoms with Crippen molar-refractivity contribution in [2.24, 2.45) is 5.92 Å². The van der Waals surface area contributed by atoms with Crippen molar-refractivity contribution in [3.63, 3.8) is 0 Å². The number of hydrogen-bond acceptors (Lipinski definition) is 4. The predicted molar refractivity (Wildman–Crippen MR) is 83.8 cm³/mol. The number of aliphatic hydroxyl groups is 1. The first kappa shape index (κ1) is 16.3. The van der Waals surface area contributed by atoms with E-state index in [2.05, 4.69) is 5.32 Å². The van der Waals surface area contributed by atoms with E-state index in [0.717, 1.165) is 12.8 Å². The number of sulfonamides is 1. The second-order valence-electron chi connectivity index (χ2n) is 5.41. The molecule has 1 aliphatic rings. The lowest BCUT2D eigenvalue weighted by Gasteiger charge is -2.32. The van der Waals surface area contributed by atoms with Crippen LogP contribution in [0.3, 0.4) is 0 Å². The number of rotatable bonds is 6. The van der Waals surface area contributed by atoms with E-state index in [1.165, 1.54) is 0 Å². The minimum Gasteiger partial charge on any atom is -0.396 e. The van der Waals surface area contributed by atoms with Crippen LogP contribution in [0.2, 0.25) is 0 Å². The Kier molecular flexibility index (Phi) is 5.61. The summed E-state index contributed by atoms with van der Waals surface area (Å²) in [5.41, 5.74) is 0.657. The lowest BCUT2D eigenvalue weighted by atomic mass is 9.97. The zero-order chi connectivity index (χ0) is 15.3. The van der Waals surface area contributed by atoms with E-state index in [1.54, 1.807) is 22.5 Å². The van der Waals surface area contributed by atoms with Crippen LogP contribution < -0.4 is 5.32 Å². The third-order valence-electron chi connectivity index (χ3n) is 3.89. The van der Waals surface area contributed by atoms with Crippen molar-refractivity contribution in [3.8, 4) is 0 Å². The van der Waals surface area contributed by atoms with Crippen molar-refractivity contribution in [1.82, 2.24) is 4.31 Å². The first-order valence-corrected chi connectivity index (χ1v) is 8.97. The van der Waals surface area contributed by atoms with Gasteiger partial charge in [0, 0.05) is 26.2 Å². The molecule has 0 aliphatic carbocycles. The van der Waals surface area contributed by atoms with E-state index < -0.39 is 10.0 Å². The Labute approximate surface area is 127 Å². The zero-order valence-electron chi connectivity index (χ0n) is 12.5. The predicted octanol–water partition coefficient (Wildman–Crippen LogP) is 1.90. The van der Waals surface area contributed by atoms with Gasteiger partial charge < -0.3 is 10.4 Å². The molecule has 0 saturated carbocycles. The third kappa shape index (κ3) is 3.75. The van der Waals surface area contributed by atoms with Gasteiger partial charge in [0.2, 0.25) is 10.0 Å². The van der Waals surface area contributed by atoms with Crippen molar-refractivity contribution in [2.45, 2.75) is 31.1 Å². The standard InChI is InChI=1S/C15H24N2O3S/c1-2-16-14-7-3-4-8-15(14)21(19,20)17-10-5-6-13(12-17)9-11-18/h3-4,7-8,13,16,18H,2,5-6,9-12H2,1H3. The van der Waals surface area contributed by atoms with Crippen LogP contribution in [0.4, 0.5) is 5.69 Å². The summed E-state index contributed by atoms with van der Waals surface area (Å²) in [5.74, 6) is 0.254. The number of hydrogen-bond donors (Lipinski definition) is 2. The Morgan fingerprint density at radius 3 is 2.86 bits per heavy atom. The van der Waals surface area contributed by atoms with Gasteiger partial charge in [-0.2, -0.15) is 4.31 Å². The van der Waals surface area contributed by atoms with E-state index in [-0.39, 0.29) is 12.5 Å². The van der Waals surface area contributed by atoms with Gasteiger partial charge in [-0.05, 0) is 44.2 Å². The minimum atomic E-state index is -3.48. The van der Waals surface area contributed by atoms with Crippen LogP contribution in [-0.2, 0) is 10.0 Å². The molecule has 1 fully saturated rings. The van der Waals surface area contributed by atoms with E-state index in [4.69, 9.17) is 5.11 Å². The van der Waals surface area contributed by atoms with Crippen LogP contribution in [0, 0.1) is 5.92 Å². The Balaban J connectivity index is 2.25. The molecule has 118 valence electrons. The van der Waals surface area contributed by atoms with Crippen molar-refractivity contribution >= 4 is 15.7 Å². The highest BCUT2D eigenvalue weighted by atomic mass is 32.2. The Morgan fingerprint density at radius 2 is 2.14 bits per heavy atom. The van der Waals surface area contributed by atoms with Crippen LogP contribution in [0.15, 0.2) is 29.2 Å². The van der Waals surface area contributed by atoms with Crippen molar-refractivity contribution in [1.29, 1.82) is 0 Å². The van der Waals surface area contributed by atoms with E-state index in [9.17, 15) is 8.42 Å². The van der Waals surface area contributed by atoms with Gasteiger partial charge in [0.15, 0.2) is 0 Å². The number of para-hydroxylation sites is 1. The molecule has 1 aliphatic heterocycles. The number of benzene rings is 1. The topological polar surface area (TPSA) is 69.6 Å². The molecule has 5 nitrogen and oxygen atoms in total. The number of anilines is 1. The molecular formula is C15H24N2O3S. The van der Waals surface area contributed by atoms with Gasteiger partial charge in [0.25, 0.3) is 0 Å². The van der Waals surface area contributed by atoms with Crippen LogP contribution in [0.1, 0.15) is 26.2 Å². The van der Waals surface area contributed by atoms with Gasteiger partial charge in [-0.25, -0.2) is 8.42 Å². The summed E-state index contributed by atoms with van der Waals surface area (Å²) in [6.45, 7) is 3.81. The minimum absolute atomic E-state index is 0.118. The van der Waals surface area contributed by atoms with Gasteiger partial charge in [0.05, 0.1) is 5.69 Å². The fraction of sp³-hybridized carbons (Fsp3) is 0.600.